The van der Waals surface area contributed by atoms with Gasteiger partial charge in [0.2, 0.25) is 5.43 Å². The van der Waals surface area contributed by atoms with Crippen LogP contribution in [0.4, 0.5) is 0 Å². The van der Waals surface area contributed by atoms with Gasteiger partial charge in [-0.05, 0) is 45.0 Å². The molecule has 28 heavy (non-hydrogen) atoms. The van der Waals surface area contributed by atoms with Crippen LogP contribution in [-0.2, 0) is 14.6 Å². The Morgan fingerprint density at radius 3 is 2.46 bits per heavy atom. The molecule has 0 aliphatic rings. The maximum atomic E-state index is 13.1. The molecule has 0 spiro atoms. The van der Waals surface area contributed by atoms with Gasteiger partial charge in [0.1, 0.15) is 16.2 Å². The van der Waals surface area contributed by atoms with Crippen LogP contribution in [0.1, 0.15) is 31.1 Å². The number of fused-ring (bicyclic) bond motifs is 2. The molecule has 0 aliphatic heterocycles. The Bertz CT molecular complexity index is 1240. The van der Waals surface area contributed by atoms with E-state index in [9.17, 15) is 18.0 Å². The maximum Gasteiger partial charge on any atom is 0.338 e. The zero-order valence-electron chi connectivity index (χ0n) is 15.9. The van der Waals surface area contributed by atoms with Crippen LogP contribution in [0.3, 0.4) is 0 Å². The second-order valence-corrected chi connectivity index (χ2v) is 8.58. The quantitative estimate of drug-likeness (QED) is 0.475. The Balaban J connectivity index is 2.37. The molecule has 0 bridgehead atoms. The average Bonchev–Trinajstić information content (AvgIpc) is 2.60. The molecule has 0 atom stereocenters. The van der Waals surface area contributed by atoms with Crippen molar-refractivity contribution in [2.75, 3.05) is 12.9 Å². The summed E-state index contributed by atoms with van der Waals surface area (Å²) in [7, 11) is -3.69. The Kier molecular flexibility index (Phi) is 5.16. The standard InChI is InChI=1S/C20H20O7S/c1-5-25-20(22)12-6-7-16-14(8-12)18(21)15-9-13(26-11(2)3)10-17(19(15)27-16)28(4,23)24/h6-11H,5H2,1-4H3. The fourth-order valence-corrected chi connectivity index (χ4v) is 3.68. The van der Waals surface area contributed by atoms with Crippen LogP contribution < -0.4 is 10.2 Å². The molecule has 0 fully saturated rings. The molecule has 3 rings (SSSR count). The van der Waals surface area contributed by atoms with E-state index in [1.807, 2.05) is 0 Å². The van der Waals surface area contributed by atoms with Crippen molar-refractivity contribution in [3.8, 4) is 5.75 Å². The van der Waals surface area contributed by atoms with E-state index in [1.54, 1.807) is 20.8 Å². The topological polar surface area (TPSA) is 99.9 Å². The van der Waals surface area contributed by atoms with Gasteiger partial charge < -0.3 is 13.9 Å². The third-order valence-electron chi connectivity index (χ3n) is 3.99. The lowest BCUT2D eigenvalue weighted by molar-refractivity contribution is 0.0526. The molecule has 0 saturated heterocycles. The second kappa shape index (κ2) is 7.27. The van der Waals surface area contributed by atoms with E-state index in [-0.39, 0.29) is 50.9 Å². The average molecular weight is 404 g/mol. The smallest absolute Gasteiger partial charge is 0.338 e. The lowest BCUT2D eigenvalue weighted by Gasteiger charge is -2.13. The molecule has 3 aromatic rings. The van der Waals surface area contributed by atoms with Gasteiger partial charge in [0.25, 0.3) is 0 Å². The summed E-state index contributed by atoms with van der Waals surface area (Å²) in [6.07, 6.45) is 0.822. The van der Waals surface area contributed by atoms with Crippen LogP contribution in [0.25, 0.3) is 21.9 Å². The minimum atomic E-state index is -3.69. The number of ether oxygens (including phenoxy) is 2. The Morgan fingerprint density at radius 2 is 1.86 bits per heavy atom. The summed E-state index contributed by atoms with van der Waals surface area (Å²) in [6, 6.07) is 7.10. The van der Waals surface area contributed by atoms with Gasteiger partial charge in [-0.15, -0.1) is 0 Å². The first kappa shape index (κ1) is 19.9. The van der Waals surface area contributed by atoms with E-state index in [1.165, 1.54) is 30.3 Å². The fourth-order valence-electron chi connectivity index (χ4n) is 2.86. The second-order valence-electron chi connectivity index (χ2n) is 6.60. The molecule has 0 aliphatic carbocycles. The predicted molar refractivity (Wildman–Crippen MR) is 105 cm³/mol. The van der Waals surface area contributed by atoms with Crippen LogP contribution in [0.2, 0.25) is 0 Å². The molecular formula is C20H20O7S. The molecule has 0 amide bonds. The van der Waals surface area contributed by atoms with Gasteiger partial charge in [-0.3, -0.25) is 4.79 Å². The number of rotatable bonds is 5. The van der Waals surface area contributed by atoms with Crippen LogP contribution in [-0.4, -0.2) is 33.4 Å². The van der Waals surface area contributed by atoms with Crippen molar-refractivity contribution in [1.82, 2.24) is 0 Å². The number of carbonyl (C=O) groups excluding carboxylic acids is 1. The monoisotopic (exact) mass is 404 g/mol. The highest BCUT2D eigenvalue weighted by Gasteiger charge is 2.21. The van der Waals surface area contributed by atoms with Crippen molar-refractivity contribution >= 4 is 37.7 Å². The van der Waals surface area contributed by atoms with E-state index < -0.39 is 21.2 Å². The van der Waals surface area contributed by atoms with Gasteiger partial charge in [-0.25, -0.2) is 13.2 Å². The van der Waals surface area contributed by atoms with E-state index in [0.717, 1.165) is 6.26 Å². The highest BCUT2D eigenvalue weighted by atomic mass is 32.2. The summed E-state index contributed by atoms with van der Waals surface area (Å²) in [4.78, 5) is 24.9. The number of carbonyl (C=O) groups is 1. The normalized spacial score (nSPS) is 11.9. The molecule has 2 aromatic carbocycles. The fraction of sp³-hybridized carbons (Fsp3) is 0.300. The largest absolute Gasteiger partial charge is 0.491 e. The van der Waals surface area contributed by atoms with Crippen LogP contribution in [0.15, 0.2) is 44.4 Å². The zero-order chi connectivity index (χ0) is 20.6. The number of hydrogen-bond donors (Lipinski definition) is 0. The third kappa shape index (κ3) is 3.73. The van der Waals surface area contributed by atoms with Gasteiger partial charge in [-0.1, -0.05) is 0 Å². The van der Waals surface area contributed by atoms with Gasteiger partial charge >= 0.3 is 5.97 Å². The van der Waals surface area contributed by atoms with Crippen LogP contribution >= 0.6 is 0 Å². The first-order valence-electron chi connectivity index (χ1n) is 8.70. The van der Waals surface area contributed by atoms with Gasteiger partial charge in [0.05, 0.1) is 29.0 Å². The highest BCUT2D eigenvalue weighted by Crippen LogP contribution is 2.30. The maximum absolute atomic E-state index is 13.1. The highest BCUT2D eigenvalue weighted by molar-refractivity contribution is 7.91. The molecule has 8 heteroatoms. The molecule has 0 radical (unpaired) electrons. The van der Waals surface area contributed by atoms with Crippen LogP contribution in [0, 0.1) is 0 Å². The molecule has 7 nitrogen and oxygen atoms in total. The summed E-state index contributed by atoms with van der Waals surface area (Å²) >= 11 is 0. The summed E-state index contributed by atoms with van der Waals surface area (Å²) in [5.74, 6) is -0.311. The third-order valence-corrected chi connectivity index (χ3v) is 5.09. The van der Waals surface area contributed by atoms with E-state index in [0.29, 0.717) is 0 Å². The van der Waals surface area contributed by atoms with Crippen LogP contribution in [0.5, 0.6) is 5.75 Å². The molecule has 0 saturated carbocycles. The summed E-state index contributed by atoms with van der Waals surface area (Å²) in [6.45, 7) is 5.47. The Morgan fingerprint density at radius 1 is 1.14 bits per heavy atom. The minimum Gasteiger partial charge on any atom is -0.491 e. The number of sulfone groups is 1. The molecule has 1 heterocycles. The number of hydrogen-bond acceptors (Lipinski definition) is 7. The van der Waals surface area contributed by atoms with Gasteiger partial charge in [0, 0.05) is 12.3 Å². The molecule has 1 aromatic heterocycles. The molecule has 0 N–H and O–H groups in total. The van der Waals surface area contributed by atoms with Crippen molar-refractivity contribution in [3.63, 3.8) is 0 Å². The zero-order valence-corrected chi connectivity index (χ0v) is 16.8. The molecule has 148 valence electrons. The van der Waals surface area contributed by atoms with Crippen molar-refractivity contribution in [3.05, 3.63) is 46.1 Å². The van der Waals surface area contributed by atoms with Gasteiger partial charge in [-0.2, -0.15) is 0 Å². The van der Waals surface area contributed by atoms with E-state index in [2.05, 4.69) is 0 Å². The van der Waals surface area contributed by atoms with Crippen molar-refractivity contribution in [1.29, 1.82) is 0 Å². The van der Waals surface area contributed by atoms with Crippen molar-refractivity contribution in [2.45, 2.75) is 31.8 Å². The van der Waals surface area contributed by atoms with E-state index in [4.69, 9.17) is 13.9 Å². The molecular weight excluding hydrogens is 384 g/mol. The summed E-state index contributed by atoms with van der Waals surface area (Å²) in [5.41, 5.74) is -0.117. The Hall–Kier alpha value is -2.87. The number of benzene rings is 2. The first-order valence-corrected chi connectivity index (χ1v) is 10.6. The lowest BCUT2D eigenvalue weighted by Crippen LogP contribution is -2.11. The van der Waals surface area contributed by atoms with E-state index >= 15 is 0 Å². The predicted octanol–water partition coefficient (Wildman–Crippen LogP) is 3.31. The SMILES string of the molecule is CCOC(=O)c1ccc2oc3c(S(C)(=O)=O)cc(OC(C)C)cc3c(=O)c2c1. The summed E-state index contributed by atoms with van der Waals surface area (Å²) in [5, 5.41) is 0.214. The lowest BCUT2D eigenvalue weighted by atomic mass is 10.1. The van der Waals surface area contributed by atoms with Crippen molar-refractivity contribution in [2.24, 2.45) is 0 Å². The minimum absolute atomic E-state index is 0.0417. The first-order chi connectivity index (χ1) is 13.1. The van der Waals surface area contributed by atoms with Gasteiger partial charge in [0.15, 0.2) is 15.4 Å². The molecule has 0 unspecified atom stereocenters. The van der Waals surface area contributed by atoms with Crippen molar-refractivity contribution < 1.29 is 27.1 Å². The summed E-state index contributed by atoms with van der Waals surface area (Å²) < 4.78 is 40.9. The Labute approximate surface area is 161 Å². The number of esters is 1.